The number of nitrogens with one attached hydrogen (secondary N) is 1. The van der Waals surface area contributed by atoms with Gasteiger partial charge in [0.2, 0.25) is 0 Å². The third-order valence-corrected chi connectivity index (χ3v) is 3.42. The molecule has 0 aliphatic carbocycles. The number of aromatic nitrogens is 1. The maximum absolute atomic E-state index is 11.9. The number of aryl methyl sites for hydroxylation is 1. The molecule has 1 aromatic heterocycles. The fourth-order valence-electron chi connectivity index (χ4n) is 1.44. The van der Waals surface area contributed by atoms with E-state index in [2.05, 4.69) is 26.2 Å². The van der Waals surface area contributed by atoms with Crippen molar-refractivity contribution in [2.24, 2.45) is 0 Å². The van der Waals surface area contributed by atoms with Crippen LogP contribution < -0.4 is 5.32 Å². The van der Waals surface area contributed by atoms with Gasteiger partial charge in [-0.3, -0.25) is 9.78 Å². The molecule has 0 atom stereocenters. The van der Waals surface area contributed by atoms with Gasteiger partial charge >= 0.3 is 0 Å². The minimum atomic E-state index is -0.163. The Labute approximate surface area is 108 Å². The summed E-state index contributed by atoms with van der Waals surface area (Å²) in [7, 11) is 0. The molecule has 86 valence electrons. The van der Waals surface area contributed by atoms with Crippen LogP contribution >= 0.6 is 15.9 Å². The van der Waals surface area contributed by atoms with E-state index in [-0.39, 0.29) is 5.91 Å². The molecule has 2 rings (SSSR count). The molecule has 0 fully saturated rings. The zero-order valence-corrected chi connectivity index (χ0v) is 10.9. The monoisotopic (exact) mass is 290 g/mol. The van der Waals surface area contributed by atoms with Crippen molar-refractivity contribution in [3.8, 4) is 0 Å². The average molecular weight is 291 g/mol. The molecule has 1 heterocycles. The molecule has 0 spiro atoms. The van der Waals surface area contributed by atoms with Crippen LogP contribution in [0.15, 0.2) is 47.2 Å². The van der Waals surface area contributed by atoms with Crippen molar-refractivity contribution in [2.75, 3.05) is 5.32 Å². The zero-order valence-electron chi connectivity index (χ0n) is 9.27. The summed E-state index contributed by atoms with van der Waals surface area (Å²) in [5.41, 5.74) is 2.38. The summed E-state index contributed by atoms with van der Waals surface area (Å²) in [5.74, 6) is -0.163. The van der Waals surface area contributed by atoms with Gasteiger partial charge in [0.15, 0.2) is 0 Å². The third-order valence-electron chi connectivity index (χ3n) is 2.36. The van der Waals surface area contributed by atoms with E-state index in [0.717, 1.165) is 15.7 Å². The lowest BCUT2D eigenvalue weighted by Gasteiger charge is -2.08. The Hall–Kier alpha value is -1.68. The van der Waals surface area contributed by atoms with Crippen molar-refractivity contribution in [3.05, 3.63) is 58.3 Å². The molecule has 0 bridgehead atoms. The van der Waals surface area contributed by atoms with Crippen molar-refractivity contribution in [1.82, 2.24) is 4.98 Å². The van der Waals surface area contributed by atoms with Gasteiger partial charge in [0.05, 0.1) is 11.3 Å². The SMILES string of the molecule is Cc1cccc(NC(=O)c2cccnc2)c1Br. The number of hydrogen-bond donors (Lipinski definition) is 1. The highest BCUT2D eigenvalue weighted by Gasteiger charge is 2.08. The van der Waals surface area contributed by atoms with Crippen LogP contribution in [0.3, 0.4) is 0 Å². The van der Waals surface area contributed by atoms with Gasteiger partial charge in [0.25, 0.3) is 5.91 Å². The van der Waals surface area contributed by atoms with Gasteiger partial charge in [-0.2, -0.15) is 0 Å². The average Bonchev–Trinajstić information content (AvgIpc) is 2.36. The lowest BCUT2D eigenvalue weighted by molar-refractivity contribution is 0.102. The van der Waals surface area contributed by atoms with E-state index in [0.29, 0.717) is 5.56 Å². The summed E-state index contributed by atoms with van der Waals surface area (Å²) < 4.78 is 0.900. The Morgan fingerprint density at radius 3 is 2.82 bits per heavy atom. The number of carbonyl (C=O) groups is 1. The molecule has 1 aromatic carbocycles. The maximum atomic E-state index is 11.9. The minimum Gasteiger partial charge on any atom is -0.321 e. The summed E-state index contributed by atoms with van der Waals surface area (Å²) in [4.78, 5) is 15.8. The number of pyridine rings is 1. The Balaban J connectivity index is 2.22. The topological polar surface area (TPSA) is 42.0 Å². The van der Waals surface area contributed by atoms with E-state index in [1.165, 1.54) is 0 Å². The number of amides is 1. The van der Waals surface area contributed by atoms with Crippen LogP contribution in [0.2, 0.25) is 0 Å². The highest BCUT2D eigenvalue weighted by atomic mass is 79.9. The van der Waals surface area contributed by atoms with Crippen LogP contribution in [0, 0.1) is 6.92 Å². The highest BCUT2D eigenvalue weighted by Crippen LogP contribution is 2.25. The van der Waals surface area contributed by atoms with Crippen LogP contribution in [0.5, 0.6) is 0 Å². The van der Waals surface area contributed by atoms with E-state index < -0.39 is 0 Å². The van der Waals surface area contributed by atoms with E-state index in [1.54, 1.807) is 24.5 Å². The van der Waals surface area contributed by atoms with Gasteiger partial charge < -0.3 is 5.32 Å². The van der Waals surface area contributed by atoms with Crippen LogP contribution in [-0.2, 0) is 0 Å². The van der Waals surface area contributed by atoms with Gasteiger partial charge in [-0.05, 0) is 46.6 Å². The first-order chi connectivity index (χ1) is 8.18. The summed E-state index contributed by atoms with van der Waals surface area (Å²) in [6.07, 6.45) is 3.18. The predicted molar refractivity (Wildman–Crippen MR) is 71.1 cm³/mol. The van der Waals surface area contributed by atoms with Crippen molar-refractivity contribution >= 4 is 27.5 Å². The normalized spacial score (nSPS) is 10.0. The van der Waals surface area contributed by atoms with Crippen LogP contribution in [-0.4, -0.2) is 10.9 Å². The second-order valence-electron chi connectivity index (χ2n) is 3.63. The summed E-state index contributed by atoms with van der Waals surface area (Å²) in [5, 5.41) is 2.84. The fourth-order valence-corrected chi connectivity index (χ4v) is 1.80. The van der Waals surface area contributed by atoms with Crippen molar-refractivity contribution in [1.29, 1.82) is 0 Å². The summed E-state index contributed by atoms with van der Waals surface area (Å²) in [6.45, 7) is 1.98. The van der Waals surface area contributed by atoms with Gasteiger partial charge in [-0.15, -0.1) is 0 Å². The highest BCUT2D eigenvalue weighted by molar-refractivity contribution is 9.10. The smallest absolute Gasteiger partial charge is 0.257 e. The first-order valence-electron chi connectivity index (χ1n) is 5.15. The first-order valence-corrected chi connectivity index (χ1v) is 5.94. The van der Waals surface area contributed by atoms with Crippen LogP contribution in [0.4, 0.5) is 5.69 Å². The zero-order chi connectivity index (χ0) is 12.3. The Morgan fingerprint density at radius 1 is 1.29 bits per heavy atom. The first kappa shape index (κ1) is 11.8. The molecule has 1 N–H and O–H groups in total. The molecular formula is C13H11BrN2O. The number of anilines is 1. The maximum Gasteiger partial charge on any atom is 0.257 e. The van der Waals surface area contributed by atoms with Crippen molar-refractivity contribution in [2.45, 2.75) is 6.92 Å². The molecule has 0 saturated heterocycles. The number of benzene rings is 1. The standard InChI is InChI=1S/C13H11BrN2O/c1-9-4-2-6-11(12(9)14)16-13(17)10-5-3-7-15-8-10/h2-8H,1H3,(H,16,17). The summed E-state index contributed by atoms with van der Waals surface area (Å²) in [6, 6.07) is 9.19. The third kappa shape index (κ3) is 2.71. The molecule has 0 aliphatic rings. The summed E-state index contributed by atoms with van der Waals surface area (Å²) >= 11 is 3.45. The van der Waals surface area contributed by atoms with Gasteiger partial charge in [-0.25, -0.2) is 0 Å². The predicted octanol–water partition coefficient (Wildman–Crippen LogP) is 3.40. The Kier molecular flexibility index (Phi) is 3.54. The van der Waals surface area contributed by atoms with Crippen molar-refractivity contribution in [3.63, 3.8) is 0 Å². The molecule has 0 unspecified atom stereocenters. The van der Waals surface area contributed by atoms with Gasteiger partial charge in [-0.1, -0.05) is 12.1 Å². The number of carbonyl (C=O) groups excluding carboxylic acids is 1. The van der Waals surface area contributed by atoms with Crippen LogP contribution in [0.25, 0.3) is 0 Å². The molecule has 0 saturated carbocycles. The number of rotatable bonds is 2. The van der Waals surface area contributed by atoms with Crippen LogP contribution in [0.1, 0.15) is 15.9 Å². The lowest BCUT2D eigenvalue weighted by Crippen LogP contribution is -2.12. The lowest BCUT2D eigenvalue weighted by atomic mass is 10.2. The van der Waals surface area contributed by atoms with E-state index in [9.17, 15) is 4.79 Å². The second kappa shape index (κ2) is 5.10. The molecule has 0 aliphatic heterocycles. The molecular weight excluding hydrogens is 280 g/mol. The Bertz CT molecular complexity index is 540. The number of halogens is 1. The van der Waals surface area contributed by atoms with Crippen molar-refractivity contribution < 1.29 is 4.79 Å². The van der Waals surface area contributed by atoms with E-state index >= 15 is 0 Å². The number of hydrogen-bond acceptors (Lipinski definition) is 2. The van der Waals surface area contributed by atoms with Gasteiger partial charge in [0, 0.05) is 16.9 Å². The quantitative estimate of drug-likeness (QED) is 0.921. The minimum absolute atomic E-state index is 0.163. The molecule has 2 aromatic rings. The largest absolute Gasteiger partial charge is 0.321 e. The fraction of sp³-hybridized carbons (Fsp3) is 0.0769. The molecule has 1 amide bonds. The molecule has 4 heteroatoms. The number of nitrogens with zero attached hydrogens (tertiary/aromatic N) is 1. The van der Waals surface area contributed by atoms with E-state index in [1.807, 2.05) is 25.1 Å². The van der Waals surface area contributed by atoms with Gasteiger partial charge in [0.1, 0.15) is 0 Å². The van der Waals surface area contributed by atoms with E-state index in [4.69, 9.17) is 0 Å². The molecule has 0 radical (unpaired) electrons. The Morgan fingerprint density at radius 2 is 2.12 bits per heavy atom. The molecule has 17 heavy (non-hydrogen) atoms. The second-order valence-corrected chi connectivity index (χ2v) is 4.43. The molecule has 3 nitrogen and oxygen atoms in total.